The Hall–Kier alpha value is -3.27. The molecule has 0 unspecified atom stereocenters. The van der Waals surface area contributed by atoms with Crippen LogP contribution in [-0.2, 0) is 17.7 Å². The highest BCUT2D eigenvalue weighted by Crippen LogP contribution is 2.36. The van der Waals surface area contributed by atoms with Gasteiger partial charge in [-0.2, -0.15) is 18.3 Å². The Morgan fingerprint density at radius 1 is 1.19 bits per heavy atom. The quantitative estimate of drug-likeness (QED) is 0.622. The zero-order chi connectivity index (χ0) is 22.3. The molecule has 2 aliphatic rings. The second kappa shape index (κ2) is 8.01. The number of carbonyl (C=O) groups is 1. The van der Waals surface area contributed by atoms with Crippen LogP contribution < -0.4 is 0 Å². The Bertz CT molecular complexity index is 1210. The van der Waals surface area contributed by atoms with E-state index in [1.54, 1.807) is 17.3 Å². The summed E-state index contributed by atoms with van der Waals surface area (Å²) in [6, 6.07) is 3.24. The molecule has 0 radical (unpaired) electrons. The smallest absolute Gasteiger partial charge is 0.380 e. The summed E-state index contributed by atoms with van der Waals surface area (Å²) in [6.07, 6.45) is 3.65. The van der Waals surface area contributed by atoms with Crippen LogP contribution in [0.4, 0.5) is 13.2 Å². The number of fused-ring (bicyclic) bond motifs is 2. The van der Waals surface area contributed by atoms with E-state index in [1.165, 1.54) is 12.3 Å². The largest absolute Gasteiger partial charge is 0.408 e. The molecule has 3 aromatic rings. The summed E-state index contributed by atoms with van der Waals surface area (Å²) in [5, 5.41) is 4.78. The standard InChI is InChI=1S/C22H20F3N5O2/c23-22(24,25)13-30-19-10-18(21(31)29-6-1-8-32-9-7-29)27-12-17(19)20(28-30)16-3-2-14-11-26-5-4-15(14)16/h3-5,10-12H,1-2,6-9,13H2. The minimum absolute atomic E-state index is 0.0966. The lowest BCUT2D eigenvalue weighted by molar-refractivity contribution is -0.141. The summed E-state index contributed by atoms with van der Waals surface area (Å²) in [4.78, 5) is 23.0. The summed E-state index contributed by atoms with van der Waals surface area (Å²) < 4.78 is 46.2. The van der Waals surface area contributed by atoms with Crippen molar-refractivity contribution in [3.05, 3.63) is 59.3 Å². The predicted octanol–water partition coefficient (Wildman–Crippen LogP) is 3.24. The molecule has 7 nitrogen and oxygen atoms in total. The fourth-order valence-corrected chi connectivity index (χ4v) is 4.19. The van der Waals surface area contributed by atoms with Gasteiger partial charge in [0.2, 0.25) is 0 Å². The zero-order valence-corrected chi connectivity index (χ0v) is 17.1. The molecule has 10 heteroatoms. The third-order valence-electron chi connectivity index (χ3n) is 5.67. The first kappa shape index (κ1) is 20.6. The van der Waals surface area contributed by atoms with Crippen LogP contribution in [0.15, 0.2) is 36.8 Å². The van der Waals surface area contributed by atoms with Crippen LogP contribution in [0.3, 0.4) is 0 Å². The SMILES string of the molecule is O=C(c1cc2c(cn1)c(C1=CCc3cnccc31)nn2CC(F)(F)F)N1CCCOCC1. The summed E-state index contributed by atoms with van der Waals surface area (Å²) in [6.45, 7) is 0.679. The third-order valence-corrected chi connectivity index (χ3v) is 5.67. The molecule has 1 saturated heterocycles. The third kappa shape index (κ3) is 3.86. The van der Waals surface area contributed by atoms with E-state index in [-0.39, 0.29) is 17.1 Å². The van der Waals surface area contributed by atoms with Gasteiger partial charge in [0, 0.05) is 49.2 Å². The minimum Gasteiger partial charge on any atom is -0.380 e. The fraction of sp³-hybridized carbons (Fsp3) is 0.364. The number of aromatic nitrogens is 4. The van der Waals surface area contributed by atoms with Crippen molar-refractivity contribution in [2.75, 3.05) is 26.3 Å². The lowest BCUT2D eigenvalue weighted by Crippen LogP contribution is -2.33. The highest BCUT2D eigenvalue weighted by Gasteiger charge is 2.31. The number of amides is 1. The molecule has 0 atom stereocenters. The number of hydrogen-bond acceptors (Lipinski definition) is 5. The molecule has 4 heterocycles. The van der Waals surface area contributed by atoms with Gasteiger partial charge in [0.05, 0.1) is 12.1 Å². The maximum absolute atomic E-state index is 13.3. The predicted molar refractivity (Wildman–Crippen MR) is 110 cm³/mol. The van der Waals surface area contributed by atoms with Gasteiger partial charge in [-0.15, -0.1) is 0 Å². The van der Waals surface area contributed by atoms with Gasteiger partial charge in [-0.1, -0.05) is 6.08 Å². The van der Waals surface area contributed by atoms with Gasteiger partial charge >= 0.3 is 6.18 Å². The summed E-state index contributed by atoms with van der Waals surface area (Å²) in [5.74, 6) is -0.324. The summed E-state index contributed by atoms with van der Waals surface area (Å²) in [7, 11) is 0. The number of nitrogens with zero attached hydrogens (tertiary/aromatic N) is 5. The summed E-state index contributed by atoms with van der Waals surface area (Å²) >= 11 is 0. The molecule has 1 aliphatic heterocycles. The van der Waals surface area contributed by atoms with Crippen LogP contribution in [0.5, 0.6) is 0 Å². The van der Waals surface area contributed by atoms with Crippen molar-refractivity contribution in [3.8, 4) is 0 Å². The fourth-order valence-electron chi connectivity index (χ4n) is 4.19. The molecule has 166 valence electrons. The maximum Gasteiger partial charge on any atom is 0.408 e. The van der Waals surface area contributed by atoms with E-state index < -0.39 is 12.7 Å². The zero-order valence-electron chi connectivity index (χ0n) is 17.1. The van der Waals surface area contributed by atoms with E-state index in [2.05, 4.69) is 15.1 Å². The Balaban J connectivity index is 1.59. The first-order valence-electron chi connectivity index (χ1n) is 10.3. The van der Waals surface area contributed by atoms with E-state index in [4.69, 9.17) is 4.74 Å². The second-order valence-electron chi connectivity index (χ2n) is 7.82. The molecular formula is C22H20F3N5O2. The van der Waals surface area contributed by atoms with Gasteiger partial charge in [-0.3, -0.25) is 19.4 Å². The van der Waals surface area contributed by atoms with E-state index >= 15 is 0 Å². The Kier molecular flexibility index (Phi) is 5.16. The molecule has 5 rings (SSSR count). The van der Waals surface area contributed by atoms with Crippen molar-refractivity contribution in [2.45, 2.75) is 25.6 Å². The molecule has 0 bridgehead atoms. The monoisotopic (exact) mass is 443 g/mol. The molecule has 1 fully saturated rings. The Morgan fingerprint density at radius 2 is 2.06 bits per heavy atom. The molecule has 3 aromatic heterocycles. The first-order chi connectivity index (χ1) is 15.4. The van der Waals surface area contributed by atoms with Gasteiger partial charge in [0.1, 0.15) is 17.9 Å². The Labute approximate surface area is 181 Å². The Morgan fingerprint density at radius 3 is 2.91 bits per heavy atom. The average Bonchev–Trinajstić information content (AvgIpc) is 3.21. The molecule has 1 aliphatic carbocycles. The van der Waals surface area contributed by atoms with Gasteiger partial charge < -0.3 is 9.64 Å². The number of hydrogen-bond donors (Lipinski definition) is 0. The van der Waals surface area contributed by atoms with E-state index in [1.807, 2.05) is 12.1 Å². The van der Waals surface area contributed by atoms with E-state index in [0.717, 1.165) is 21.4 Å². The number of ether oxygens (including phenoxy) is 1. The molecule has 1 amide bonds. The maximum atomic E-state index is 13.3. The molecular weight excluding hydrogens is 423 g/mol. The molecule has 0 saturated carbocycles. The van der Waals surface area contributed by atoms with E-state index in [9.17, 15) is 18.0 Å². The van der Waals surface area contributed by atoms with Crippen LogP contribution in [0.2, 0.25) is 0 Å². The number of allylic oxidation sites excluding steroid dienone is 1. The van der Waals surface area contributed by atoms with Crippen LogP contribution in [0, 0.1) is 0 Å². The van der Waals surface area contributed by atoms with Gasteiger partial charge in [0.25, 0.3) is 5.91 Å². The van der Waals surface area contributed by atoms with Crippen molar-refractivity contribution >= 4 is 22.4 Å². The van der Waals surface area contributed by atoms with Gasteiger partial charge in [0.15, 0.2) is 0 Å². The lowest BCUT2D eigenvalue weighted by atomic mass is 10.0. The van der Waals surface area contributed by atoms with Crippen molar-refractivity contribution in [3.63, 3.8) is 0 Å². The van der Waals surface area contributed by atoms with Crippen molar-refractivity contribution in [2.24, 2.45) is 0 Å². The molecule has 0 spiro atoms. The van der Waals surface area contributed by atoms with E-state index in [0.29, 0.717) is 50.2 Å². The number of pyridine rings is 2. The van der Waals surface area contributed by atoms with Crippen molar-refractivity contribution < 1.29 is 22.7 Å². The number of carbonyl (C=O) groups excluding carboxylic acids is 1. The highest BCUT2D eigenvalue weighted by atomic mass is 19.4. The molecule has 0 N–H and O–H groups in total. The van der Waals surface area contributed by atoms with Crippen LogP contribution in [0.1, 0.15) is 33.7 Å². The van der Waals surface area contributed by atoms with Crippen LogP contribution in [-0.4, -0.2) is 63.0 Å². The highest BCUT2D eigenvalue weighted by molar-refractivity contribution is 6.00. The topological polar surface area (TPSA) is 73.1 Å². The number of rotatable bonds is 3. The number of alkyl halides is 3. The van der Waals surface area contributed by atoms with Crippen LogP contribution in [0.25, 0.3) is 16.5 Å². The number of halogens is 3. The van der Waals surface area contributed by atoms with Gasteiger partial charge in [-0.05, 0) is 36.1 Å². The average molecular weight is 443 g/mol. The van der Waals surface area contributed by atoms with Crippen molar-refractivity contribution in [1.82, 2.24) is 24.6 Å². The molecule has 0 aromatic carbocycles. The molecule has 32 heavy (non-hydrogen) atoms. The second-order valence-corrected chi connectivity index (χ2v) is 7.82. The normalized spacial score (nSPS) is 16.7. The van der Waals surface area contributed by atoms with Crippen LogP contribution >= 0.6 is 0 Å². The van der Waals surface area contributed by atoms with Crippen molar-refractivity contribution in [1.29, 1.82) is 0 Å². The lowest BCUT2D eigenvalue weighted by Gasteiger charge is -2.19. The summed E-state index contributed by atoms with van der Waals surface area (Å²) in [5.41, 5.74) is 3.37. The first-order valence-corrected chi connectivity index (χ1v) is 10.3. The van der Waals surface area contributed by atoms with Gasteiger partial charge in [-0.25, -0.2) is 0 Å². The minimum atomic E-state index is -4.46.